The zero-order chi connectivity index (χ0) is 19.3. The van der Waals surface area contributed by atoms with Crippen molar-refractivity contribution >= 4 is 29.5 Å². The molecule has 0 saturated heterocycles. The van der Waals surface area contributed by atoms with Gasteiger partial charge in [-0.1, -0.05) is 97.9 Å². The van der Waals surface area contributed by atoms with Gasteiger partial charge in [-0.2, -0.15) is 0 Å². The second kappa shape index (κ2) is 8.48. The summed E-state index contributed by atoms with van der Waals surface area (Å²) in [6.07, 6.45) is 1.67. The zero-order valence-electron chi connectivity index (χ0n) is 15.7. The van der Waals surface area contributed by atoms with Crippen LogP contribution in [0.25, 0.3) is 0 Å². The molecule has 3 aromatic rings. The van der Waals surface area contributed by atoms with Crippen molar-refractivity contribution in [2.75, 3.05) is 6.26 Å². The van der Waals surface area contributed by atoms with Gasteiger partial charge in [0.25, 0.3) is 0 Å². The summed E-state index contributed by atoms with van der Waals surface area (Å²) in [5.41, 5.74) is 0.792. The Morgan fingerprint density at radius 1 is 0.852 bits per heavy atom. The molecule has 0 spiro atoms. The number of hydrogen-bond donors (Lipinski definition) is 1. The van der Waals surface area contributed by atoms with Crippen molar-refractivity contribution < 1.29 is 9.67 Å². The van der Waals surface area contributed by atoms with E-state index in [1.54, 1.807) is 0 Å². The van der Waals surface area contributed by atoms with Crippen molar-refractivity contribution in [3.63, 3.8) is 0 Å². The van der Waals surface area contributed by atoms with E-state index < -0.39 is 17.7 Å². The summed E-state index contributed by atoms with van der Waals surface area (Å²) in [6.45, 7) is 2.02. The molecule has 0 unspecified atom stereocenters. The van der Waals surface area contributed by atoms with E-state index in [1.807, 2.05) is 104 Å². The first-order valence-electron chi connectivity index (χ1n) is 9.09. The van der Waals surface area contributed by atoms with Gasteiger partial charge in [-0.15, -0.1) is 11.8 Å². The van der Waals surface area contributed by atoms with Crippen LogP contribution in [0.2, 0.25) is 0 Å². The van der Waals surface area contributed by atoms with Crippen molar-refractivity contribution in [1.29, 1.82) is 0 Å². The summed E-state index contributed by atoms with van der Waals surface area (Å²) in [5, 5.41) is 13.1. The van der Waals surface area contributed by atoms with Gasteiger partial charge < -0.3 is 9.67 Å². The van der Waals surface area contributed by atoms with E-state index in [9.17, 15) is 9.67 Å². The molecule has 140 valence electrons. The molecular formula is C23H25O2PS. The highest BCUT2D eigenvalue weighted by Crippen LogP contribution is 2.67. The second-order valence-corrected chi connectivity index (χ2v) is 11.0. The molecule has 0 saturated carbocycles. The first-order valence-corrected chi connectivity index (χ1v) is 12.0. The Bertz CT molecular complexity index is 850. The highest BCUT2D eigenvalue weighted by atomic mass is 32.2. The third kappa shape index (κ3) is 3.40. The molecule has 0 radical (unpaired) electrons. The number of thioether (sulfide) groups is 1. The Kier molecular flexibility index (Phi) is 6.26. The monoisotopic (exact) mass is 396 g/mol. The topological polar surface area (TPSA) is 37.3 Å². The molecule has 0 aromatic heterocycles. The lowest BCUT2D eigenvalue weighted by atomic mass is 10.0. The summed E-state index contributed by atoms with van der Waals surface area (Å²) in [7, 11) is -3.17. The number of aliphatic hydroxyl groups is 1. The fourth-order valence-electron chi connectivity index (χ4n) is 3.73. The number of benzene rings is 3. The molecule has 0 aliphatic heterocycles. The van der Waals surface area contributed by atoms with Crippen molar-refractivity contribution in [3.05, 3.63) is 96.6 Å². The van der Waals surface area contributed by atoms with Crippen LogP contribution in [0, 0.1) is 0 Å². The van der Waals surface area contributed by atoms with E-state index in [4.69, 9.17) is 0 Å². The molecule has 4 heteroatoms. The van der Waals surface area contributed by atoms with Crippen molar-refractivity contribution in [1.82, 2.24) is 0 Å². The molecule has 3 rings (SSSR count). The van der Waals surface area contributed by atoms with Gasteiger partial charge in [0, 0.05) is 10.6 Å². The molecule has 2 nitrogen and oxygen atoms in total. The van der Waals surface area contributed by atoms with E-state index >= 15 is 0 Å². The average Bonchev–Trinajstić information content (AvgIpc) is 2.76. The summed E-state index contributed by atoms with van der Waals surface area (Å²) in [4.78, 5) is 0. The van der Waals surface area contributed by atoms with Crippen LogP contribution >= 0.6 is 18.9 Å². The van der Waals surface area contributed by atoms with Crippen LogP contribution in [0.4, 0.5) is 0 Å². The van der Waals surface area contributed by atoms with Crippen LogP contribution in [0.3, 0.4) is 0 Å². The third-order valence-electron chi connectivity index (χ3n) is 5.18. The van der Waals surface area contributed by atoms with Gasteiger partial charge in [0.2, 0.25) is 0 Å². The summed E-state index contributed by atoms with van der Waals surface area (Å²) in [5.74, 6) is 0. The van der Waals surface area contributed by atoms with E-state index in [-0.39, 0.29) is 0 Å². The highest BCUT2D eigenvalue weighted by Gasteiger charge is 2.53. The smallest absolute Gasteiger partial charge is 0.161 e. The predicted molar refractivity (Wildman–Crippen MR) is 118 cm³/mol. The van der Waals surface area contributed by atoms with Crippen LogP contribution in [0.5, 0.6) is 0 Å². The Labute approximate surface area is 166 Å². The van der Waals surface area contributed by atoms with Gasteiger partial charge in [-0.3, -0.25) is 0 Å². The molecule has 3 aromatic carbocycles. The SMILES string of the molecule is CC[C@@](SC)([C@@H](O)c1ccccc1)P(=O)(c1ccccc1)c1ccccc1. The molecule has 0 amide bonds. The van der Waals surface area contributed by atoms with Crippen molar-refractivity contribution in [2.24, 2.45) is 0 Å². The Balaban J connectivity index is 2.29. The van der Waals surface area contributed by atoms with E-state index in [0.717, 1.165) is 16.2 Å². The summed E-state index contributed by atoms with van der Waals surface area (Å²) >= 11 is 1.50. The van der Waals surface area contributed by atoms with Gasteiger partial charge in [-0.05, 0) is 18.2 Å². The van der Waals surface area contributed by atoms with Crippen LogP contribution in [0.15, 0.2) is 91.0 Å². The molecule has 0 heterocycles. The fourth-order valence-corrected chi connectivity index (χ4v) is 9.33. The minimum Gasteiger partial charge on any atom is -0.386 e. The Morgan fingerprint density at radius 2 is 1.26 bits per heavy atom. The molecule has 0 bridgehead atoms. The minimum atomic E-state index is -3.17. The first kappa shape index (κ1) is 19.9. The minimum absolute atomic E-state index is 0.575. The number of hydrogen-bond acceptors (Lipinski definition) is 3. The standard InChI is InChI=1S/C23H25O2PS/c1-3-23(27-2,22(24)19-13-7-4-8-14-19)26(25,20-15-9-5-10-16-20)21-17-11-6-12-18-21/h4-18,22,24H,3H2,1-2H3/t22-,23+/m0/s1. The number of aliphatic hydroxyl groups excluding tert-OH is 1. The molecule has 0 aliphatic carbocycles. The largest absolute Gasteiger partial charge is 0.386 e. The Morgan fingerprint density at radius 3 is 1.63 bits per heavy atom. The van der Waals surface area contributed by atoms with Gasteiger partial charge >= 0.3 is 0 Å². The Hall–Kier alpha value is -1.80. The van der Waals surface area contributed by atoms with Crippen LogP contribution in [-0.4, -0.2) is 15.9 Å². The average molecular weight is 396 g/mol. The number of rotatable bonds is 7. The van der Waals surface area contributed by atoms with Gasteiger partial charge in [0.05, 0.1) is 0 Å². The predicted octanol–water partition coefficient (Wildman–Crippen LogP) is 5.20. The molecule has 0 fully saturated rings. The van der Waals surface area contributed by atoms with Gasteiger partial charge in [-0.25, -0.2) is 0 Å². The zero-order valence-corrected chi connectivity index (χ0v) is 17.4. The normalized spacial score (nSPS) is 15.1. The van der Waals surface area contributed by atoms with Gasteiger partial charge in [0.1, 0.15) is 10.6 Å². The fraction of sp³-hybridized carbons (Fsp3) is 0.217. The second-order valence-electron chi connectivity index (χ2n) is 6.50. The molecule has 0 aliphatic rings. The molecular weight excluding hydrogens is 371 g/mol. The van der Waals surface area contributed by atoms with Gasteiger partial charge in [0.15, 0.2) is 7.14 Å². The molecule has 2 atom stereocenters. The maximum Gasteiger partial charge on any atom is 0.161 e. The van der Waals surface area contributed by atoms with Crippen LogP contribution < -0.4 is 10.6 Å². The van der Waals surface area contributed by atoms with Crippen molar-refractivity contribution in [2.45, 2.75) is 23.9 Å². The lowest BCUT2D eigenvalue weighted by Crippen LogP contribution is -2.40. The summed E-state index contributed by atoms with van der Waals surface area (Å²) < 4.78 is 14.1. The highest BCUT2D eigenvalue weighted by molar-refractivity contribution is 8.09. The van der Waals surface area contributed by atoms with Crippen molar-refractivity contribution in [3.8, 4) is 0 Å². The van der Waals surface area contributed by atoms with E-state index in [0.29, 0.717) is 6.42 Å². The molecule has 27 heavy (non-hydrogen) atoms. The first-order chi connectivity index (χ1) is 13.1. The lowest BCUT2D eigenvalue weighted by Gasteiger charge is -2.43. The lowest BCUT2D eigenvalue weighted by molar-refractivity contribution is 0.158. The van der Waals surface area contributed by atoms with Crippen LogP contribution in [-0.2, 0) is 4.57 Å². The van der Waals surface area contributed by atoms with E-state index in [1.165, 1.54) is 11.8 Å². The maximum atomic E-state index is 14.9. The quantitative estimate of drug-likeness (QED) is 0.558. The third-order valence-corrected chi connectivity index (χ3v) is 11.4. The van der Waals surface area contributed by atoms with E-state index in [2.05, 4.69) is 0 Å². The molecule has 1 N–H and O–H groups in total. The van der Waals surface area contributed by atoms with Crippen LogP contribution in [0.1, 0.15) is 25.0 Å². The maximum absolute atomic E-state index is 14.9. The summed E-state index contributed by atoms with van der Waals surface area (Å²) in [6, 6.07) is 28.8.